The molecule has 8 rings (SSSR count). The molecule has 13 N–H and O–H groups in total. The first-order valence-corrected chi connectivity index (χ1v) is 24.5. The molecule has 0 aromatic rings. The quantitative estimate of drug-likeness (QED) is 0.0889. The van der Waals surface area contributed by atoms with Gasteiger partial charge < -0.3 is 94.8 Å². The maximum Gasteiger partial charge on any atom is 0.335 e. The molecule has 26 unspecified atom stereocenters. The Labute approximate surface area is 396 Å². The largest absolute Gasteiger partial charge is 0.479 e. The van der Waals surface area contributed by atoms with Crippen LogP contribution in [0.1, 0.15) is 99.8 Å². The fourth-order valence-corrected chi connectivity index (χ4v) is 15.2. The molecule has 3 heterocycles. The van der Waals surface area contributed by atoms with E-state index in [9.17, 15) is 71.2 Å². The molecule has 8 aliphatic rings. The van der Waals surface area contributed by atoms with Gasteiger partial charge in [0.15, 0.2) is 25.0 Å². The van der Waals surface area contributed by atoms with E-state index in [1.54, 1.807) is 0 Å². The Balaban J connectivity index is 1.08. The van der Waals surface area contributed by atoms with Crippen LogP contribution in [-0.4, -0.2) is 203 Å². The van der Waals surface area contributed by atoms with Crippen LogP contribution < -0.4 is 0 Å². The van der Waals surface area contributed by atoms with Crippen molar-refractivity contribution in [2.45, 2.75) is 210 Å². The average Bonchev–Trinajstić information content (AvgIpc) is 3.29. The number of fused-ring (bicyclic) bond motifs is 7. The second-order valence-corrected chi connectivity index (χ2v) is 23.6. The molecule has 0 aromatic carbocycles. The highest BCUT2D eigenvalue weighted by atomic mass is 16.8. The number of aliphatic hydroxyl groups excluding tert-OH is 12. The van der Waals surface area contributed by atoms with Crippen LogP contribution in [0.5, 0.6) is 0 Å². The number of carboxylic acid groups (broad SMARTS) is 1. The summed E-state index contributed by atoms with van der Waals surface area (Å²) in [5.74, 6) is -1.50. The third kappa shape index (κ3) is 7.89. The highest BCUT2D eigenvalue weighted by Crippen LogP contribution is 2.76. The van der Waals surface area contributed by atoms with Crippen molar-refractivity contribution in [3.8, 4) is 0 Å². The Bertz CT molecular complexity index is 1870. The average molecular weight is 975 g/mol. The van der Waals surface area contributed by atoms with E-state index < -0.39 is 146 Å². The lowest BCUT2D eigenvalue weighted by molar-refractivity contribution is -0.397. The Morgan fingerprint density at radius 3 is 1.79 bits per heavy atom. The van der Waals surface area contributed by atoms with Gasteiger partial charge in [0.25, 0.3) is 0 Å². The Morgan fingerprint density at radius 1 is 0.618 bits per heavy atom. The summed E-state index contributed by atoms with van der Waals surface area (Å²) in [6.07, 6.45) is -22.4. The van der Waals surface area contributed by atoms with Crippen molar-refractivity contribution >= 4 is 5.97 Å². The molecule has 3 saturated heterocycles. The first-order chi connectivity index (χ1) is 31.7. The van der Waals surface area contributed by atoms with Gasteiger partial charge in [-0.05, 0) is 90.8 Å². The summed E-state index contributed by atoms with van der Waals surface area (Å²) in [5, 5.41) is 141. The van der Waals surface area contributed by atoms with Crippen molar-refractivity contribution < 1.29 is 99.6 Å². The summed E-state index contributed by atoms with van der Waals surface area (Å²) in [6, 6.07) is 0. The van der Waals surface area contributed by atoms with E-state index in [0.717, 1.165) is 32.1 Å². The standard InChI is InChI=1S/C48H78O20/c1-43(2)16-21-20-8-9-25-45(4)12-11-26(46(5,19-51)24(45)10-13-48(25,7)47(20,6)15-14-44(21,3)38(60)37(43)59)65-42-36(32(57)31(56)34(66-42)39(61)62)68-41-35(30(55)28(53)23(18-50)64-41)67-40-33(58)29(54)27(52)22(17-49)63-40/h8,21-38,40-42,49-60H,9-19H2,1-7H3,(H,61,62). The van der Waals surface area contributed by atoms with E-state index >= 15 is 0 Å². The number of aliphatic carboxylic acids is 1. The van der Waals surface area contributed by atoms with Crippen LogP contribution in [0.2, 0.25) is 0 Å². The zero-order chi connectivity index (χ0) is 50.0. The van der Waals surface area contributed by atoms with Gasteiger partial charge in [0.2, 0.25) is 0 Å². The first-order valence-electron chi connectivity index (χ1n) is 24.5. The molecule has 0 amide bonds. The third-order valence-corrected chi connectivity index (χ3v) is 19.8. The van der Waals surface area contributed by atoms with E-state index in [0.29, 0.717) is 19.3 Å². The molecule has 390 valence electrons. The van der Waals surface area contributed by atoms with Gasteiger partial charge in [0, 0.05) is 10.8 Å². The molecule has 5 aliphatic carbocycles. The molecule has 0 bridgehead atoms. The second kappa shape index (κ2) is 18.5. The van der Waals surface area contributed by atoms with Crippen molar-refractivity contribution in [2.75, 3.05) is 19.8 Å². The highest BCUT2D eigenvalue weighted by Gasteiger charge is 2.70. The van der Waals surface area contributed by atoms with Crippen LogP contribution in [0, 0.1) is 50.2 Å². The van der Waals surface area contributed by atoms with Gasteiger partial charge in [-0.25, -0.2) is 4.79 Å². The molecule has 68 heavy (non-hydrogen) atoms. The number of ether oxygens (including phenoxy) is 6. The molecule has 26 atom stereocenters. The van der Waals surface area contributed by atoms with Crippen LogP contribution in [-0.2, 0) is 33.2 Å². The minimum Gasteiger partial charge on any atom is -0.479 e. The zero-order valence-electron chi connectivity index (χ0n) is 40.2. The molecule has 0 radical (unpaired) electrons. The number of aliphatic hydroxyl groups is 12. The Kier molecular flexibility index (Phi) is 14.3. The minimum atomic E-state index is -2.11. The third-order valence-electron chi connectivity index (χ3n) is 19.8. The Hall–Kier alpha value is -1.51. The summed E-state index contributed by atoms with van der Waals surface area (Å²) in [4.78, 5) is 12.5. The normalized spacial score (nSPS) is 55.8. The lowest BCUT2D eigenvalue weighted by Crippen LogP contribution is -2.69. The van der Waals surface area contributed by atoms with Crippen molar-refractivity contribution in [3.05, 3.63) is 11.6 Å². The fourth-order valence-electron chi connectivity index (χ4n) is 15.2. The maximum atomic E-state index is 12.5. The highest BCUT2D eigenvalue weighted by molar-refractivity contribution is 5.73. The van der Waals surface area contributed by atoms with Gasteiger partial charge in [-0.1, -0.05) is 60.1 Å². The van der Waals surface area contributed by atoms with Gasteiger partial charge in [0.1, 0.15) is 67.1 Å². The monoisotopic (exact) mass is 975 g/mol. The van der Waals surface area contributed by atoms with Crippen molar-refractivity contribution in [1.82, 2.24) is 0 Å². The smallest absolute Gasteiger partial charge is 0.335 e. The molecule has 7 fully saturated rings. The van der Waals surface area contributed by atoms with Gasteiger partial charge in [-0.15, -0.1) is 0 Å². The zero-order valence-corrected chi connectivity index (χ0v) is 40.2. The summed E-state index contributed by atoms with van der Waals surface area (Å²) in [7, 11) is 0. The van der Waals surface area contributed by atoms with Gasteiger partial charge in [-0.3, -0.25) is 0 Å². The van der Waals surface area contributed by atoms with E-state index in [2.05, 4.69) is 33.8 Å². The van der Waals surface area contributed by atoms with E-state index in [1.165, 1.54) is 5.57 Å². The number of carbonyl (C=O) groups is 1. The van der Waals surface area contributed by atoms with Crippen LogP contribution in [0.15, 0.2) is 11.6 Å². The molecule has 20 heteroatoms. The number of hydrogen-bond acceptors (Lipinski definition) is 19. The molecular formula is C48H78O20. The molecule has 0 aromatic heterocycles. The number of hydrogen-bond donors (Lipinski definition) is 13. The summed E-state index contributed by atoms with van der Waals surface area (Å²) in [5.41, 5.74) is -1.26. The van der Waals surface area contributed by atoms with E-state index in [-0.39, 0.29) is 40.6 Å². The summed E-state index contributed by atoms with van der Waals surface area (Å²) >= 11 is 0. The van der Waals surface area contributed by atoms with Gasteiger partial charge in [0.05, 0.1) is 38.1 Å². The van der Waals surface area contributed by atoms with Crippen molar-refractivity contribution in [1.29, 1.82) is 0 Å². The molecular weight excluding hydrogens is 897 g/mol. The van der Waals surface area contributed by atoms with Gasteiger partial charge >= 0.3 is 5.97 Å². The molecule has 3 aliphatic heterocycles. The predicted octanol–water partition coefficient (Wildman–Crippen LogP) is -1.35. The van der Waals surface area contributed by atoms with Crippen LogP contribution in [0.4, 0.5) is 0 Å². The number of allylic oxidation sites excluding steroid dienone is 2. The summed E-state index contributed by atoms with van der Waals surface area (Å²) < 4.78 is 35.9. The first kappa shape index (κ1) is 52.8. The lowest BCUT2D eigenvalue weighted by Gasteiger charge is -2.72. The van der Waals surface area contributed by atoms with Crippen LogP contribution >= 0.6 is 0 Å². The fraction of sp³-hybridized carbons (Fsp3) is 0.938. The SMILES string of the molecule is CC1(C)CC2C3=CCC4C5(C)CCC(OC6OC(C(=O)O)C(O)C(O)C6OC6OC(CO)C(O)C(O)C6OC6OC(CO)C(O)C(O)C6O)C(C)(CO)C5CCC4(C)C3(C)CCC2(C)C(O)C1O. The van der Waals surface area contributed by atoms with E-state index in [1.807, 2.05) is 20.8 Å². The molecule has 20 nitrogen and oxygen atoms in total. The van der Waals surface area contributed by atoms with Gasteiger partial charge in [-0.2, -0.15) is 0 Å². The van der Waals surface area contributed by atoms with Crippen molar-refractivity contribution in [2.24, 2.45) is 50.2 Å². The van der Waals surface area contributed by atoms with Crippen LogP contribution in [0.25, 0.3) is 0 Å². The molecule has 0 spiro atoms. The number of rotatable bonds is 10. The van der Waals surface area contributed by atoms with E-state index in [4.69, 9.17) is 28.4 Å². The maximum absolute atomic E-state index is 12.5. The lowest BCUT2D eigenvalue weighted by atomic mass is 9.33. The molecule has 4 saturated carbocycles. The predicted molar refractivity (Wildman–Crippen MR) is 233 cm³/mol. The Morgan fingerprint density at radius 2 is 1.19 bits per heavy atom. The van der Waals surface area contributed by atoms with Crippen molar-refractivity contribution in [3.63, 3.8) is 0 Å². The minimum absolute atomic E-state index is 0.0930. The number of carboxylic acids is 1. The topological polar surface area (TPSA) is 335 Å². The second-order valence-electron chi connectivity index (χ2n) is 23.6. The summed E-state index contributed by atoms with van der Waals surface area (Å²) in [6.45, 7) is 13.2. The van der Waals surface area contributed by atoms with Crippen LogP contribution in [0.3, 0.4) is 0 Å².